The zero-order valence-corrected chi connectivity index (χ0v) is 13.7. The molecule has 1 aromatic rings. The highest BCUT2D eigenvalue weighted by molar-refractivity contribution is 8.26. The Kier molecular flexibility index (Phi) is 5.67. The zero-order valence-electron chi connectivity index (χ0n) is 12.8. The maximum Gasteiger partial charge on any atom is 0.331 e. The second kappa shape index (κ2) is 7.52. The molecule has 1 radical (unpaired) electrons. The van der Waals surface area contributed by atoms with Gasteiger partial charge in [-0.1, -0.05) is 0 Å². The van der Waals surface area contributed by atoms with E-state index in [1.807, 2.05) is 6.92 Å². The lowest BCUT2D eigenvalue weighted by atomic mass is 9.84. The summed E-state index contributed by atoms with van der Waals surface area (Å²) < 4.78 is 15.8. The minimum Gasteiger partial charge on any atom is -0.466 e. The molecule has 23 heavy (non-hydrogen) atoms. The summed E-state index contributed by atoms with van der Waals surface area (Å²) in [7, 11) is 1.57. The summed E-state index contributed by atoms with van der Waals surface area (Å²) in [5, 5.41) is 14.4. The molecule has 1 unspecified atom stereocenters. The molecule has 1 aliphatic heterocycles. The number of hydrogen-bond acceptors (Lipinski definition) is 7. The minimum absolute atomic E-state index is 0.147. The molecule has 121 valence electrons. The van der Waals surface area contributed by atoms with Crippen LogP contribution < -0.4 is 15.9 Å². The van der Waals surface area contributed by atoms with Gasteiger partial charge < -0.3 is 19.9 Å². The van der Waals surface area contributed by atoms with Crippen LogP contribution >= 0.6 is 11.8 Å². The molecule has 0 spiro atoms. The number of carbonyl (C=O) groups excluding carboxylic acids is 1. The van der Waals surface area contributed by atoms with Crippen LogP contribution in [0.3, 0.4) is 0 Å². The molecule has 0 aliphatic carbocycles. The lowest BCUT2D eigenvalue weighted by Crippen LogP contribution is -2.16. The van der Waals surface area contributed by atoms with Crippen LogP contribution in [0.15, 0.2) is 12.1 Å². The van der Waals surface area contributed by atoms with Gasteiger partial charge in [-0.3, -0.25) is 15.6 Å². The topological polar surface area (TPSA) is 118 Å². The molecule has 7 nitrogen and oxygen atoms in total. The van der Waals surface area contributed by atoms with Crippen LogP contribution in [0.4, 0.5) is 0 Å². The Hall–Kier alpha value is -2.00. The number of fused-ring (bicyclic) bond motifs is 1. The van der Waals surface area contributed by atoms with Gasteiger partial charge in [0.05, 0.1) is 19.1 Å². The predicted molar refractivity (Wildman–Crippen MR) is 89.5 cm³/mol. The smallest absolute Gasteiger partial charge is 0.331 e. The molecule has 1 atom stereocenters. The minimum atomic E-state index is -0.371. The third-order valence-electron chi connectivity index (χ3n) is 3.14. The van der Waals surface area contributed by atoms with Crippen molar-refractivity contribution in [3.05, 3.63) is 23.3 Å². The number of thioether (sulfide) groups is 1. The summed E-state index contributed by atoms with van der Waals surface area (Å²) in [6.45, 7) is 3.98. The van der Waals surface area contributed by atoms with E-state index in [1.165, 1.54) is 0 Å². The van der Waals surface area contributed by atoms with Gasteiger partial charge in [-0.2, -0.15) is 0 Å². The van der Waals surface area contributed by atoms with Gasteiger partial charge in [-0.25, -0.2) is 0 Å². The Labute approximate surface area is 139 Å². The number of nitrogens with two attached hydrogens (primary N) is 1. The second-order valence-corrected chi connectivity index (χ2v) is 5.87. The molecule has 4 N–H and O–H groups in total. The van der Waals surface area contributed by atoms with E-state index in [0.717, 1.165) is 28.4 Å². The van der Waals surface area contributed by atoms with Gasteiger partial charge in [0.1, 0.15) is 5.75 Å². The van der Waals surface area contributed by atoms with Crippen molar-refractivity contribution >= 4 is 41.1 Å². The summed E-state index contributed by atoms with van der Waals surface area (Å²) in [6.07, 6.45) is -0.224. The van der Waals surface area contributed by atoms with Crippen LogP contribution in [0, 0.1) is 17.7 Å². The monoisotopic (exact) mass is 334 g/mol. The standard InChI is InChI=1S/C14H17BN3O4S/c1-3-20-11(19)6-10-12-7(2)4-8(5-9(12)15-22-10)21-14(18)23-13(16)17/h4-5,10,18H,3,6H2,1-2H3,(H3,16,17). The first-order valence-electron chi connectivity index (χ1n) is 6.97. The second-order valence-electron chi connectivity index (χ2n) is 4.85. The SMILES string of the molecule is CCOC(=O)CC1O[B]c2cc(OC(=N)SC(=N)N)cc(C)c21. The van der Waals surface area contributed by atoms with Crippen LogP contribution in [0.2, 0.25) is 0 Å². The zero-order chi connectivity index (χ0) is 17.0. The maximum atomic E-state index is 11.6. The maximum absolute atomic E-state index is 11.6. The Balaban J connectivity index is 2.13. The molecular formula is C14H17BN3O4S. The normalized spacial score (nSPS) is 15.5. The first-order valence-corrected chi connectivity index (χ1v) is 7.79. The lowest BCUT2D eigenvalue weighted by Gasteiger charge is -2.15. The number of ether oxygens (including phenoxy) is 2. The highest BCUT2D eigenvalue weighted by atomic mass is 32.2. The lowest BCUT2D eigenvalue weighted by molar-refractivity contribution is -0.144. The number of amidine groups is 1. The van der Waals surface area contributed by atoms with Gasteiger partial charge in [0, 0.05) is 11.8 Å². The average molecular weight is 334 g/mol. The molecule has 0 saturated carbocycles. The number of aryl methyl sites for hydroxylation is 1. The van der Waals surface area contributed by atoms with Crippen molar-refractivity contribution in [1.82, 2.24) is 0 Å². The van der Waals surface area contributed by atoms with Crippen LogP contribution in [0.5, 0.6) is 5.75 Å². The van der Waals surface area contributed by atoms with Crippen molar-refractivity contribution in [2.24, 2.45) is 5.73 Å². The fraction of sp³-hybridized carbons (Fsp3) is 0.357. The van der Waals surface area contributed by atoms with Gasteiger partial charge >= 0.3 is 13.5 Å². The van der Waals surface area contributed by atoms with Crippen molar-refractivity contribution in [2.45, 2.75) is 26.4 Å². The summed E-state index contributed by atoms with van der Waals surface area (Å²) >= 11 is 0.722. The van der Waals surface area contributed by atoms with Crippen molar-refractivity contribution in [3.8, 4) is 5.75 Å². The van der Waals surface area contributed by atoms with E-state index in [9.17, 15) is 4.79 Å². The Morgan fingerprint density at radius 1 is 1.48 bits per heavy atom. The van der Waals surface area contributed by atoms with E-state index in [4.69, 9.17) is 30.7 Å². The predicted octanol–water partition coefficient (Wildman–Crippen LogP) is 1.20. The van der Waals surface area contributed by atoms with Crippen LogP contribution in [0.1, 0.15) is 30.6 Å². The number of esters is 1. The number of nitrogens with one attached hydrogen (secondary N) is 2. The fourth-order valence-corrected chi connectivity index (χ4v) is 2.70. The molecule has 0 bridgehead atoms. The molecule has 1 aliphatic rings. The number of benzene rings is 1. The van der Waals surface area contributed by atoms with Crippen molar-refractivity contribution < 1.29 is 18.9 Å². The Morgan fingerprint density at radius 3 is 2.87 bits per heavy atom. The van der Waals surface area contributed by atoms with Crippen molar-refractivity contribution in [2.75, 3.05) is 6.61 Å². The number of carbonyl (C=O) groups is 1. The molecule has 0 aromatic heterocycles. The van der Waals surface area contributed by atoms with Gasteiger partial charge in [0.2, 0.25) is 0 Å². The van der Waals surface area contributed by atoms with Crippen LogP contribution in [-0.2, 0) is 14.2 Å². The number of rotatable bonds is 4. The van der Waals surface area contributed by atoms with Gasteiger partial charge in [0.25, 0.3) is 5.23 Å². The highest BCUT2D eigenvalue weighted by Gasteiger charge is 2.29. The van der Waals surface area contributed by atoms with Crippen LogP contribution in [0.25, 0.3) is 0 Å². The Bertz CT molecular complexity index is 653. The molecule has 0 fully saturated rings. The third-order valence-corrected chi connectivity index (χ3v) is 3.63. The first-order chi connectivity index (χ1) is 10.9. The largest absolute Gasteiger partial charge is 0.466 e. The van der Waals surface area contributed by atoms with Gasteiger partial charge in [0.15, 0.2) is 5.17 Å². The molecule has 1 aromatic carbocycles. The quantitative estimate of drug-likeness (QED) is 0.330. The molecule has 9 heteroatoms. The van der Waals surface area contributed by atoms with E-state index >= 15 is 0 Å². The average Bonchev–Trinajstić information content (AvgIpc) is 2.81. The van der Waals surface area contributed by atoms with Crippen molar-refractivity contribution in [3.63, 3.8) is 0 Å². The molecule has 0 saturated heterocycles. The third kappa shape index (κ3) is 4.49. The summed E-state index contributed by atoms with van der Waals surface area (Å²) in [4.78, 5) is 11.6. The van der Waals surface area contributed by atoms with E-state index in [1.54, 1.807) is 26.5 Å². The first kappa shape index (κ1) is 17.4. The summed E-state index contributed by atoms with van der Waals surface area (Å²) in [5.41, 5.74) is 7.82. The van der Waals surface area contributed by atoms with Gasteiger partial charge in [-0.05, 0) is 42.6 Å². The van der Waals surface area contributed by atoms with Crippen LogP contribution in [-0.4, -0.2) is 30.5 Å². The molecule has 1 heterocycles. The fourth-order valence-electron chi connectivity index (χ4n) is 2.36. The van der Waals surface area contributed by atoms with E-state index in [-0.39, 0.29) is 28.9 Å². The van der Waals surface area contributed by atoms with Crippen molar-refractivity contribution in [1.29, 1.82) is 10.8 Å². The molecule has 0 amide bonds. The highest BCUT2D eigenvalue weighted by Crippen LogP contribution is 2.30. The van der Waals surface area contributed by atoms with E-state index in [2.05, 4.69) is 0 Å². The molecule has 2 rings (SSSR count). The summed E-state index contributed by atoms with van der Waals surface area (Å²) in [6, 6.07) is 3.48. The van der Waals surface area contributed by atoms with E-state index in [0.29, 0.717) is 12.4 Å². The molecular weight excluding hydrogens is 317 g/mol. The van der Waals surface area contributed by atoms with Gasteiger partial charge in [-0.15, -0.1) is 0 Å². The summed E-state index contributed by atoms with van der Waals surface area (Å²) in [5.74, 6) is 0.148. The Morgan fingerprint density at radius 2 is 2.22 bits per heavy atom. The number of hydrogen-bond donors (Lipinski definition) is 3. The van der Waals surface area contributed by atoms with E-state index < -0.39 is 0 Å².